The SMILES string of the molecule is Cc1nn(CC(=O)NC(C)c2ccc(C(C)C)cc2)c2nc(C3CC3)cc(C(F)(F)F)c12. The number of benzene rings is 1. The first-order valence-electron chi connectivity index (χ1n) is 10.9. The van der Waals surface area contributed by atoms with E-state index in [0.29, 0.717) is 11.6 Å². The largest absolute Gasteiger partial charge is 0.417 e. The van der Waals surface area contributed by atoms with E-state index in [1.165, 1.54) is 17.2 Å². The van der Waals surface area contributed by atoms with E-state index in [4.69, 9.17) is 0 Å². The van der Waals surface area contributed by atoms with Gasteiger partial charge in [-0.1, -0.05) is 38.1 Å². The first-order valence-corrected chi connectivity index (χ1v) is 10.9. The number of aryl methyl sites for hydroxylation is 1. The predicted molar refractivity (Wildman–Crippen MR) is 116 cm³/mol. The fourth-order valence-electron chi connectivity index (χ4n) is 3.97. The van der Waals surface area contributed by atoms with E-state index >= 15 is 0 Å². The first kappa shape index (κ1) is 22.3. The number of nitrogens with zero attached hydrogens (tertiary/aromatic N) is 3. The number of hydrogen-bond donors (Lipinski definition) is 1. The summed E-state index contributed by atoms with van der Waals surface area (Å²) in [5.74, 6) is 0.133. The maximum atomic E-state index is 13.7. The second-order valence-corrected chi connectivity index (χ2v) is 8.92. The summed E-state index contributed by atoms with van der Waals surface area (Å²) in [6.07, 6.45) is -2.85. The lowest BCUT2D eigenvalue weighted by Crippen LogP contribution is -2.30. The van der Waals surface area contributed by atoms with E-state index in [0.717, 1.165) is 24.5 Å². The molecule has 2 heterocycles. The molecule has 1 fully saturated rings. The zero-order valence-electron chi connectivity index (χ0n) is 18.6. The van der Waals surface area contributed by atoms with Crippen LogP contribution in [0.5, 0.6) is 0 Å². The van der Waals surface area contributed by atoms with Crippen molar-refractivity contribution in [3.05, 3.63) is 58.4 Å². The van der Waals surface area contributed by atoms with Gasteiger partial charge in [-0.3, -0.25) is 4.79 Å². The lowest BCUT2D eigenvalue weighted by atomic mass is 9.99. The lowest BCUT2D eigenvalue weighted by Gasteiger charge is -2.16. The Kier molecular flexibility index (Phi) is 5.73. The van der Waals surface area contributed by atoms with Crippen LogP contribution in [-0.4, -0.2) is 20.7 Å². The summed E-state index contributed by atoms with van der Waals surface area (Å²) in [5, 5.41) is 7.11. The van der Waals surface area contributed by atoms with Gasteiger partial charge in [-0.25, -0.2) is 9.67 Å². The number of hydrogen-bond acceptors (Lipinski definition) is 3. The molecule has 1 saturated carbocycles. The number of carbonyl (C=O) groups is 1. The van der Waals surface area contributed by atoms with Crippen molar-refractivity contribution in [1.29, 1.82) is 0 Å². The first-order chi connectivity index (χ1) is 15.0. The van der Waals surface area contributed by atoms with E-state index in [-0.39, 0.29) is 41.1 Å². The summed E-state index contributed by atoms with van der Waals surface area (Å²) in [4.78, 5) is 17.2. The molecule has 4 rings (SSSR count). The summed E-state index contributed by atoms with van der Waals surface area (Å²) >= 11 is 0. The third kappa shape index (κ3) is 4.49. The number of amides is 1. The average molecular weight is 445 g/mol. The second kappa shape index (κ2) is 8.22. The highest BCUT2D eigenvalue weighted by Gasteiger charge is 2.37. The minimum atomic E-state index is -4.51. The number of rotatable bonds is 6. The fraction of sp³-hybridized carbons (Fsp3) is 0.458. The van der Waals surface area contributed by atoms with Crippen molar-refractivity contribution in [2.45, 2.75) is 71.1 Å². The third-order valence-corrected chi connectivity index (χ3v) is 5.97. The molecule has 8 heteroatoms. The minimum Gasteiger partial charge on any atom is -0.348 e. The van der Waals surface area contributed by atoms with Crippen LogP contribution in [0.25, 0.3) is 11.0 Å². The highest BCUT2D eigenvalue weighted by atomic mass is 19.4. The van der Waals surface area contributed by atoms with E-state index in [2.05, 4.69) is 29.2 Å². The van der Waals surface area contributed by atoms with Crippen LogP contribution in [-0.2, 0) is 17.5 Å². The van der Waals surface area contributed by atoms with Crippen molar-refractivity contribution < 1.29 is 18.0 Å². The van der Waals surface area contributed by atoms with Crippen molar-refractivity contribution in [3.63, 3.8) is 0 Å². The van der Waals surface area contributed by atoms with Gasteiger partial charge in [0, 0.05) is 11.6 Å². The van der Waals surface area contributed by atoms with Gasteiger partial charge in [0.25, 0.3) is 0 Å². The summed E-state index contributed by atoms with van der Waals surface area (Å²) in [5.41, 5.74) is 2.19. The molecule has 2 aromatic heterocycles. The van der Waals surface area contributed by atoms with Gasteiger partial charge >= 0.3 is 6.18 Å². The zero-order valence-corrected chi connectivity index (χ0v) is 18.6. The molecule has 0 radical (unpaired) electrons. The predicted octanol–water partition coefficient (Wildman–Crippen LogP) is 5.64. The van der Waals surface area contributed by atoms with Crippen LogP contribution < -0.4 is 5.32 Å². The van der Waals surface area contributed by atoms with Gasteiger partial charge < -0.3 is 5.32 Å². The number of carbonyl (C=O) groups excluding carboxylic acids is 1. The Morgan fingerprint density at radius 2 is 1.78 bits per heavy atom. The maximum absolute atomic E-state index is 13.7. The Morgan fingerprint density at radius 1 is 1.16 bits per heavy atom. The standard InChI is InChI=1S/C24H27F3N4O/c1-13(2)16-5-7-17(8-6-16)14(3)28-21(32)12-31-23-22(15(4)30-31)19(24(25,26)27)11-20(29-23)18-9-10-18/h5-8,11,13-14,18H,9-10,12H2,1-4H3,(H,28,32). The van der Waals surface area contributed by atoms with Crippen LogP contribution >= 0.6 is 0 Å². The Bertz CT molecular complexity index is 1140. The summed E-state index contributed by atoms with van der Waals surface area (Å²) in [6.45, 7) is 7.42. The third-order valence-electron chi connectivity index (χ3n) is 5.97. The number of aromatic nitrogens is 3. The molecular formula is C24H27F3N4O. The minimum absolute atomic E-state index is 0.0352. The Labute approximate surface area is 185 Å². The average Bonchev–Trinajstić information content (AvgIpc) is 3.52. The molecule has 0 bridgehead atoms. The Balaban J connectivity index is 1.58. The molecule has 1 amide bonds. The van der Waals surface area contributed by atoms with E-state index in [1.807, 2.05) is 31.2 Å². The summed E-state index contributed by atoms with van der Waals surface area (Å²) < 4.78 is 42.5. The number of halogens is 3. The van der Waals surface area contributed by atoms with E-state index in [1.54, 1.807) is 0 Å². The van der Waals surface area contributed by atoms with Gasteiger partial charge in [-0.05, 0) is 49.8 Å². The van der Waals surface area contributed by atoms with Crippen molar-refractivity contribution >= 4 is 16.9 Å². The van der Waals surface area contributed by atoms with Gasteiger partial charge in [0.05, 0.1) is 22.7 Å². The number of fused-ring (bicyclic) bond motifs is 1. The van der Waals surface area contributed by atoms with Gasteiger partial charge in [0.2, 0.25) is 5.91 Å². The van der Waals surface area contributed by atoms with Crippen molar-refractivity contribution in [1.82, 2.24) is 20.1 Å². The molecule has 1 aliphatic carbocycles. The molecule has 0 aliphatic heterocycles. The highest BCUT2D eigenvalue weighted by Crippen LogP contribution is 2.43. The van der Waals surface area contributed by atoms with Crippen LogP contribution in [0.4, 0.5) is 13.2 Å². The molecule has 0 spiro atoms. The molecule has 0 saturated heterocycles. The lowest BCUT2D eigenvalue weighted by molar-refractivity contribution is -0.136. The number of pyridine rings is 1. The summed E-state index contributed by atoms with van der Waals surface area (Å²) in [7, 11) is 0. The van der Waals surface area contributed by atoms with Crippen molar-refractivity contribution in [2.24, 2.45) is 0 Å². The fourth-order valence-corrected chi connectivity index (χ4v) is 3.97. The molecule has 3 aromatic rings. The summed E-state index contributed by atoms with van der Waals surface area (Å²) in [6, 6.07) is 8.93. The van der Waals surface area contributed by atoms with Crippen molar-refractivity contribution in [2.75, 3.05) is 0 Å². The van der Waals surface area contributed by atoms with Crippen LogP contribution in [0.15, 0.2) is 30.3 Å². The van der Waals surface area contributed by atoms with Gasteiger partial charge in [-0.15, -0.1) is 0 Å². The van der Waals surface area contributed by atoms with Gasteiger partial charge in [0.15, 0.2) is 5.65 Å². The topological polar surface area (TPSA) is 59.8 Å². The monoisotopic (exact) mass is 444 g/mol. The van der Waals surface area contributed by atoms with Crippen LogP contribution in [0.2, 0.25) is 0 Å². The highest BCUT2D eigenvalue weighted by molar-refractivity contribution is 5.85. The van der Waals surface area contributed by atoms with Gasteiger partial charge in [0.1, 0.15) is 6.54 Å². The van der Waals surface area contributed by atoms with Crippen molar-refractivity contribution in [3.8, 4) is 0 Å². The Morgan fingerprint density at radius 3 is 2.34 bits per heavy atom. The zero-order chi connectivity index (χ0) is 23.2. The molecule has 1 aliphatic rings. The van der Waals surface area contributed by atoms with E-state index < -0.39 is 11.7 Å². The van der Waals surface area contributed by atoms with Gasteiger partial charge in [-0.2, -0.15) is 18.3 Å². The Hall–Kier alpha value is -2.90. The molecule has 170 valence electrons. The normalized spacial score (nSPS) is 15.4. The molecular weight excluding hydrogens is 417 g/mol. The van der Waals surface area contributed by atoms with Crippen LogP contribution in [0, 0.1) is 6.92 Å². The number of alkyl halides is 3. The number of nitrogens with one attached hydrogen (secondary N) is 1. The molecule has 32 heavy (non-hydrogen) atoms. The van der Waals surface area contributed by atoms with E-state index in [9.17, 15) is 18.0 Å². The molecule has 1 atom stereocenters. The molecule has 1 aromatic carbocycles. The molecule has 5 nitrogen and oxygen atoms in total. The quantitative estimate of drug-likeness (QED) is 0.536. The maximum Gasteiger partial charge on any atom is 0.417 e. The molecule has 1 N–H and O–H groups in total. The van der Waals surface area contributed by atoms with Crippen LogP contribution in [0.1, 0.15) is 79.6 Å². The molecule has 1 unspecified atom stereocenters. The van der Waals surface area contributed by atoms with Crippen LogP contribution in [0.3, 0.4) is 0 Å². The second-order valence-electron chi connectivity index (χ2n) is 8.92. The smallest absolute Gasteiger partial charge is 0.348 e.